The molecule has 0 spiro atoms. The molecule has 0 aliphatic carbocycles. The van der Waals surface area contributed by atoms with E-state index in [1.165, 1.54) is 0 Å². The van der Waals surface area contributed by atoms with Crippen molar-refractivity contribution in [3.63, 3.8) is 0 Å². The number of furan rings is 1. The molecule has 0 radical (unpaired) electrons. The summed E-state index contributed by atoms with van der Waals surface area (Å²) in [6.45, 7) is 0.611. The van der Waals surface area contributed by atoms with Crippen molar-refractivity contribution in [1.82, 2.24) is 5.32 Å². The van der Waals surface area contributed by atoms with Crippen molar-refractivity contribution < 1.29 is 28.3 Å². The van der Waals surface area contributed by atoms with E-state index in [9.17, 15) is 14.7 Å². The normalized spacial score (nSPS) is 12.5. The number of amides is 1. The van der Waals surface area contributed by atoms with Gasteiger partial charge < -0.3 is 28.9 Å². The monoisotopic (exact) mass is 410 g/mol. The number of benzene rings is 2. The summed E-state index contributed by atoms with van der Waals surface area (Å²) in [7, 11) is 5.76. The molecule has 158 valence electrons. The summed E-state index contributed by atoms with van der Waals surface area (Å²) in [4.78, 5) is 23.5. The van der Waals surface area contributed by atoms with E-state index in [2.05, 4.69) is 5.32 Å². The van der Waals surface area contributed by atoms with Gasteiger partial charge in [0.2, 0.25) is 0 Å². The molecule has 1 N–H and O–H groups in total. The third-order valence-corrected chi connectivity index (χ3v) is 4.52. The SMILES string of the molecule is C[N+](C)(C)CC(CC(=O)[O-])NC(=O)c1ccc(COc2cccc3ccccc23)o1. The lowest BCUT2D eigenvalue weighted by molar-refractivity contribution is -0.871. The summed E-state index contributed by atoms with van der Waals surface area (Å²) in [5.41, 5.74) is 0. The Morgan fingerprint density at radius 2 is 1.80 bits per heavy atom. The first-order valence-electron chi connectivity index (χ1n) is 9.72. The van der Waals surface area contributed by atoms with Gasteiger partial charge in [-0.3, -0.25) is 4.79 Å². The molecule has 3 rings (SSSR count). The number of ether oxygens (including phenoxy) is 1. The number of carboxylic acids is 1. The molecule has 3 aromatic rings. The maximum atomic E-state index is 12.5. The van der Waals surface area contributed by atoms with Crippen LogP contribution in [0.25, 0.3) is 10.8 Å². The van der Waals surface area contributed by atoms with Gasteiger partial charge in [0.05, 0.1) is 33.7 Å². The number of fused-ring (bicyclic) bond motifs is 1. The number of hydrogen-bond donors (Lipinski definition) is 1. The number of aliphatic carboxylic acids is 1. The summed E-state index contributed by atoms with van der Waals surface area (Å²) in [6, 6.07) is 16.4. The van der Waals surface area contributed by atoms with Crippen LogP contribution in [0.1, 0.15) is 22.7 Å². The number of hydrogen-bond acceptors (Lipinski definition) is 5. The lowest BCUT2D eigenvalue weighted by atomic mass is 10.1. The van der Waals surface area contributed by atoms with Crippen LogP contribution in [0.5, 0.6) is 5.75 Å². The molecule has 1 aromatic heterocycles. The molecule has 0 aliphatic heterocycles. The summed E-state index contributed by atoms with van der Waals surface area (Å²) in [6.07, 6.45) is -0.265. The number of nitrogens with zero attached hydrogens (tertiary/aromatic N) is 1. The summed E-state index contributed by atoms with van der Waals surface area (Å²) in [5.74, 6) is -0.344. The van der Waals surface area contributed by atoms with Crippen molar-refractivity contribution in [2.45, 2.75) is 19.1 Å². The Balaban J connectivity index is 1.64. The number of likely N-dealkylation sites (N-methyl/N-ethyl adjacent to an activating group) is 1. The summed E-state index contributed by atoms with van der Waals surface area (Å²) < 4.78 is 12.0. The van der Waals surface area contributed by atoms with E-state index in [4.69, 9.17) is 9.15 Å². The Bertz CT molecular complexity index is 1030. The Kier molecular flexibility index (Phi) is 6.42. The summed E-state index contributed by atoms with van der Waals surface area (Å²) >= 11 is 0. The number of rotatable bonds is 9. The van der Waals surface area contributed by atoms with Crippen LogP contribution in [0.15, 0.2) is 59.0 Å². The summed E-state index contributed by atoms with van der Waals surface area (Å²) in [5, 5.41) is 15.8. The third kappa shape index (κ3) is 5.84. The maximum Gasteiger partial charge on any atom is 0.287 e. The largest absolute Gasteiger partial charge is 0.550 e. The van der Waals surface area contributed by atoms with Gasteiger partial charge in [-0.15, -0.1) is 0 Å². The minimum atomic E-state index is -1.21. The Labute approximate surface area is 175 Å². The second kappa shape index (κ2) is 9.00. The average Bonchev–Trinajstić information content (AvgIpc) is 3.13. The number of carboxylic acid groups (broad SMARTS) is 1. The van der Waals surface area contributed by atoms with Crippen LogP contribution in [-0.2, 0) is 11.4 Å². The van der Waals surface area contributed by atoms with Crippen molar-refractivity contribution in [3.05, 3.63) is 66.1 Å². The second-order valence-electron chi connectivity index (χ2n) is 8.25. The lowest BCUT2D eigenvalue weighted by Crippen LogP contribution is -2.50. The zero-order chi connectivity index (χ0) is 21.7. The van der Waals surface area contributed by atoms with E-state index in [0.717, 1.165) is 16.5 Å². The molecular formula is C23H26N2O5. The molecule has 0 saturated carbocycles. The highest BCUT2D eigenvalue weighted by Gasteiger charge is 2.22. The molecule has 1 unspecified atom stereocenters. The van der Waals surface area contributed by atoms with Gasteiger partial charge in [0.25, 0.3) is 5.91 Å². The van der Waals surface area contributed by atoms with Crippen LogP contribution >= 0.6 is 0 Å². The van der Waals surface area contributed by atoms with E-state index < -0.39 is 17.9 Å². The number of carbonyl (C=O) groups is 2. The fraction of sp³-hybridized carbons (Fsp3) is 0.304. The standard InChI is InChI=1S/C23H26N2O5/c1-25(2,3)14-17(13-22(26)27)24-23(28)21-12-11-18(30-21)15-29-20-10-6-8-16-7-4-5-9-19(16)20/h4-12,17H,13-15H2,1-3H3,(H-,24,26,27,28). The zero-order valence-electron chi connectivity index (χ0n) is 17.4. The molecule has 30 heavy (non-hydrogen) atoms. The molecule has 7 heteroatoms. The Hall–Kier alpha value is -3.32. The van der Waals surface area contributed by atoms with Gasteiger partial charge in [0.15, 0.2) is 5.76 Å². The van der Waals surface area contributed by atoms with Gasteiger partial charge in [-0.25, -0.2) is 0 Å². The van der Waals surface area contributed by atoms with E-state index in [0.29, 0.717) is 16.8 Å². The number of carbonyl (C=O) groups excluding carboxylic acids is 2. The molecular weight excluding hydrogens is 384 g/mol. The fourth-order valence-corrected chi connectivity index (χ4v) is 3.33. The van der Waals surface area contributed by atoms with E-state index >= 15 is 0 Å². The molecule has 1 heterocycles. The van der Waals surface area contributed by atoms with E-state index in [1.807, 2.05) is 63.6 Å². The smallest absolute Gasteiger partial charge is 0.287 e. The van der Waals surface area contributed by atoms with Gasteiger partial charge in [0.1, 0.15) is 18.1 Å². The van der Waals surface area contributed by atoms with Gasteiger partial charge in [-0.1, -0.05) is 36.4 Å². The molecule has 1 atom stereocenters. The maximum absolute atomic E-state index is 12.5. The van der Waals surface area contributed by atoms with Crippen molar-refractivity contribution >= 4 is 22.6 Å². The Morgan fingerprint density at radius 3 is 2.53 bits per heavy atom. The topological polar surface area (TPSA) is 91.6 Å². The van der Waals surface area contributed by atoms with Crippen LogP contribution in [0.4, 0.5) is 0 Å². The quantitative estimate of drug-likeness (QED) is 0.545. The minimum absolute atomic E-state index is 0.108. The van der Waals surface area contributed by atoms with Crippen molar-refractivity contribution in [2.75, 3.05) is 27.7 Å². The van der Waals surface area contributed by atoms with Crippen molar-refractivity contribution in [1.29, 1.82) is 0 Å². The van der Waals surface area contributed by atoms with Gasteiger partial charge >= 0.3 is 0 Å². The molecule has 0 aliphatic rings. The second-order valence-corrected chi connectivity index (χ2v) is 8.25. The van der Waals surface area contributed by atoms with Crippen molar-refractivity contribution in [3.8, 4) is 5.75 Å². The van der Waals surface area contributed by atoms with Crippen LogP contribution in [-0.4, -0.2) is 50.1 Å². The Morgan fingerprint density at radius 1 is 1.07 bits per heavy atom. The lowest BCUT2D eigenvalue weighted by Gasteiger charge is -2.29. The molecule has 7 nitrogen and oxygen atoms in total. The van der Waals surface area contributed by atoms with Crippen LogP contribution in [0.2, 0.25) is 0 Å². The highest BCUT2D eigenvalue weighted by Crippen LogP contribution is 2.26. The zero-order valence-corrected chi connectivity index (χ0v) is 17.4. The first kappa shape index (κ1) is 21.4. The minimum Gasteiger partial charge on any atom is -0.550 e. The molecule has 2 aromatic carbocycles. The number of quaternary nitrogens is 1. The first-order chi connectivity index (χ1) is 14.2. The van der Waals surface area contributed by atoms with Gasteiger partial charge in [-0.05, 0) is 23.6 Å². The van der Waals surface area contributed by atoms with Crippen LogP contribution in [0.3, 0.4) is 0 Å². The van der Waals surface area contributed by atoms with E-state index in [-0.39, 0.29) is 18.8 Å². The average molecular weight is 410 g/mol. The fourth-order valence-electron chi connectivity index (χ4n) is 3.33. The highest BCUT2D eigenvalue weighted by molar-refractivity contribution is 5.92. The molecule has 0 fully saturated rings. The highest BCUT2D eigenvalue weighted by atomic mass is 16.5. The van der Waals surface area contributed by atoms with E-state index in [1.54, 1.807) is 12.1 Å². The predicted octanol–water partition coefficient (Wildman–Crippen LogP) is 1.96. The molecule has 1 amide bonds. The van der Waals surface area contributed by atoms with Crippen LogP contribution < -0.4 is 15.2 Å². The van der Waals surface area contributed by atoms with Gasteiger partial charge in [-0.2, -0.15) is 0 Å². The molecule has 0 bridgehead atoms. The third-order valence-electron chi connectivity index (χ3n) is 4.52. The first-order valence-corrected chi connectivity index (χ1v) is 9.72. The van der Waals surface area contributed by atoms with Crippen molar-refractivity contribution in [2.24, 2.45) is 0 Å². The number of nitrogens with one attached hydrogen (secondary N) is 1. The van der Waals surface area contributed by atoms with Gasteiger partial charge in [0, 0.05) is 17.8 Å². The predicted molar refractivity (Wildman–Crippen MR) is 111 cm³/mol. The van der Waals surface area contributed by atoms with Crippen LogP contribution in [0, 0.1) is 0 Å². The molecule has 0 saturated heterocycles.